The molecule has 0 bridgehead atoms. The van der Waals surface area contributed by atoms with Crippen molar-refractivity contribution in [3.05, 3.63) is 12.2 Å². The molecule has 0 unspecified atom stereocenters. The second-order valence-corrected chi connectivity index (χ2v) is 7.31. The van der Waals surface area contributed by atoms with Crippen LogP contribution in [0.4, 0.5) is 0 Å². The van der Waals surface area contributed by atoms with Crippen molar-refractivity contribution in [2.45, 2.75) is 37.9 Å². The van der Waals surface area contributed by atoms with E-state index in [1.165, 1.54) is 0 Å². The zero-order valence-corrected chi connectivity index (χ0v) is 12.2. The lowest BCUT2D eigenvalue weighted by atomic mass is 10.0. The van der Waals surface area contributed by atoms with Gasteiger partial charge in [-0.05, 0) is 25.2 Å². The minimum absolute atomic E-state index is 0.0887. The molecule has 0 spiro atoms. The van der Waals surface area contributed by atoms with Crippen molar-refractivity contribution in [1.29, 1.82) is 0 Å². The van der Waals surface area contributed by atoms with Gasteiger partial charge in [0.15, 0.2) is 0 Å². The number of nitrogens with zero attached hydrogens (tertiary/aromatic N) is 1. The number of hydrogen-bond acceptors (Lipinski definition) is 3. The molecule has 2 rings (SSSR count). The molecule has 2 atom stereocenters. The molecule has 1 aliphatic carbocycles. The van der Waals surface area contributed by atoms with E-state index in [-0.39, 0.29) is 5.91 Å². The van der Waals surface area contributed by atoms with E-state index in [2.05, 4.69) is 16.9 Å². The van der Waals surface area contributed by atoms with Crippen LogP contribution in [0, 0.1) is 5.92 Å². The monoisotopic (exact) mass is 286 g/mol. The predicted molar refractivity (Wildman–Crippen MR) is 74.1 cm³/mol. The first-order valence-corrected chi connectivity index (χ1v) is 8.50. The second-order valence-electron chi connectivity index (χ2n) is 5.26. The molecule has 108 valence electrons. The average molecular weight is 286 g/mol. The van der Waals surface area contributed by atoms with E-state index in [0.29, 0.717) is 38.4 Å². The topological polar surface area (TPSA) is 66.5 Å². The lowest BCUT2D eigenvalue weighted by Crippen LogP contribution is -2.37. The highest BCUT2D eigenvalue weighted by atomic mass is 32.2. The molecule has 1 aliphatic heterocycles. The molecule has 19 heavy (non-hydrogen) atoms. The Morgan fingerprint density at radius 1 is 1.42 bits per heavy atom. The van der Waals surface area contributed by atoms with Crippen molar-refractivity contribution in [2.75, 3.05) is 19.6 Å². The van der Waals surface area contributed by atoms with E-state index in [1.807, 2.05) is 0 Å². The minimum atomic E-state index is -3.26. The highest BCUT2D eigenvalue weighted by Crippen LogP contribution is 2.23. The summed E-state index contributed by atoms with van der Waals surface area (Å²) in [5.41, 5.74) is 0. The molecule has 1 saturated heterocycles. The number of carbonyl (C=O) groups excluding carboxylic acids is 1. The number of likely N-dealkylation sites (tertiary alicyclic amines) is 1. The van der Waals surface area contributed by atoms with Gasteiger partial charge < -0.3 is 4.90 Å². The van der Waals surface area contributed by atoms with Gasteiger partial charge in [-0.3, -0.25) is 4.79 Å². The second kappa shape index (κ2) is 6.05. The highest BCUT2D eigenvalue weighted by Gasteiger charge is 2.35. The van der Waals surface area contributed by atoms with Gasteiger partial charge in [-0.15, -0.1) is 0 Å². The fourth-order valence-corrected chi connectivity index (χ4v) is 4.18. The van der Waals surface area contributed by atoms with Crippen LogP contribution >= 0.6 is 0 Å². The van der Waals surface area contributed by atoms with E-state index >= 15 is 0 Å². The van der Waals surface area contributed by atoms with E-state index in [9.17, 15) is 13.2 Å². The third-order valence-corrected chi connectivity index (χ3v) is 5.78. The standard InChI is InChI=1S/C13H22N2O3S/c1-2-14-19(17,18)12-7-8-15(10-12)13(16)9-11-5-3-4-6-11/h3,5,11-12,14H,2,4,6-10H2,1H3/t11-,12+/m0/s1. The Morgan fingerprint density at radius 3 is 2.84 bits per heavy atom. The van der Waals surface area contributed by atoms with Crippen LogP contribution in [-0.4, -0.2) is 44.1 Å². The first-order valence-electron chi connectivity index (χ1n) is 6.96. The predicted octanol–water partition coefficient (Wildman–Crippen LogP) is 0.883. The van der Waals surface area contributed by atoms with Gasteiger partial charge in [0.1, 0.15) is 0 Å². The Bertz CT molecular complexity index is 459. The molecule has 0 aromatic rings. The van der Waals surface area contributed by atoms with Crippen LogP contribution in [0.1, 0.15) is 32.6 Å². The molecule has 1 fully saturated rings. The fourth-order valence-electron chi connectivity index (χ4n) is 2.75. The molecule has 0 radical (unpaired) electrons. The number of allylic oxidation sites excluding steroid dienone is 2. The lowest BCUT2D eigenvalue weighted by Gasteiger charge is -2.18. The maximum atomic E-state index is 12.1. The van der Waals surface area contributed by atoms with E-state index in [4.69, 9.17) is 0 Å². The lowest BCUT2D eigenvalue weighted by molar-refractivity contribution is -0.130. The largest absolute Gasteiger partial charge is 0.341 e. The Balaban J connectivity index is 1.87. The van der Waals surface area contributed by atoms with E-state index < -0.39 is 15.3 Å². The van der Waals surface area contributed by atoms with Crippen molar-refractivity contribution in [3.63, 3.8) is 0 Å². The van der Waals surface area contributed by atoms with Crippen LogP contribution in [-0.2, 0) is 14.8 Å². The van der Waals surface area contributed by atoms with Gasteiger partial charge in [-0.1, -0.05) is 19.1 Å². The Hall–Kier alpha value is -0.880. The number of hydrogen-bond donors (Lipinski definition) is 1. The Labute approximate surface area is 115 Å². The van der Waals surface area contributed by atoms with Crippen LogP contribution < -0.4 is 4.72 Å². The van der Waals surface area contributed by atoms with Crippen molar-refractivity contribution < 1.29 is 13.2 Å². The molecular weight excluding hydrogens is 264 g/mol. The van der Waals surface area contributed by atoms with E-state index in [0.717, 1.165) is 12.8 Å². The first-order chi connectivity index (χ1) is 9.03. The van der Waals surface area contributed by atoms with Crippen LogP contribution in [0.2, 0.25) is 0 Å². The summed E-state index contributed by atoms with van der Waals surface area (Å²) < 4.78 is 26.3. The Morgan fingerprint density at radius 2 is 2.21 bits per heavy atom. The van der Waals surface area contributed by atoms with Gasteiger partial charge in [-0.25, -0.2) is 13.1 Å². The molecule has 5 nitrogen and oxygen atoms in total. The molecule has 6 heteroatoms. The van der Waals surface area contributed by atoms with Crippen molar-refractivity contribution >= 4 is 15.9 Å². The maximum absolute atomic E-state index is 12.1. The number of rotatable bonds is 5. The summed E-state index contributed by atoms with van der Waals surface area (Å²) >= 11 is 0. The highest BCUT2D eigenvalue weighted by molar-refractivity contribution is 7.90. The van der Waals surface area contributed by atoms with Gasteiger partial charge >= 0.3 is 0 Å². The van der Waals surface area contributed by atoms with Crippen LogP contribution in [0.15, 0.2) is 12.2 Å². The minimum Gasteiger partial charge on any atom is -0.341 e. The summed E-state index contributed by atoms with van der Waals surface area (Å²) in [5.74, 6) is 0.433. The first kappa shape index (κ1) is 14.5. The van der Waals surface area contributed by atoms with Crippen LogP contribution in [0.3, 0.4) is 0 Å². The molecule has 0 aromatic carbocycles. The molecule has 1 heterocycles. The van der Waals surface area contributed by atoms with Gasteiger partial charge in [-0.2, -0.15) is 0 Å². The van der Waals surface area contributed by atoms with Crippen LogP contribution in [0.25, 0.3) is 0 Å². The fraction of sp³-hybridized carbons (Fsp3) is 0.769. The zero-order chi connectivity index (χ0) is 13.9. The molecule has 0 aromatic heterocycles. The quantitative estimate of drug-likeness (QED) is 0.763. The number of sulfonamides is 1. The summed E-state index contributed by atoms with van der Waals surface area (Å²) in [7, 11) is -3.26. The maximum Gasteiger partial charge on any atom is 0.223 e. The third-order valence-electron chi connectivity index (χ3n) is 3.83. The third kappa shape index (κ3) is 3.57. The molecule has 0 saturated carbocycles. The summed E-state index contributed by atoms with van der Waals surface area (Å²) in [4.78, 5) is 13.8. The zero-order valence-electron chi connectivity index (χ0n) is 11.3. The van der Waals surface area contributed by atoms with Gasteiger partial charge in [0.05, 0.1) is 5.25 Å². The summed E-state index contributed by atoms with van der Waals surface area (Å²) in [6.07, 6.45) is 7.36. The average Bonchev–Trinajstić information content (AvgIpc) is 2.99. The molecule has 1 N–H and O–H groups in total. The molecule has 1 amide bonds. The number of nitrogens with one attached hydrogen (secondary N) is 1. The summed E-state index contributed by atoms with van der Waals surface area (Å²) in [5, 5.41) is -0.449. The molecular formula is C13H22N2O3S. The van der Waals surface area contributed by atoms with Gasteiger partial charge in [0, 0.05) is 26.1 Å². The van der Waals surface area contributed by atoms with E-state index in [1.54, 1.807) is 11.8 Å². The van der Waals surface area contributed by atoms with Gasteiger partial charge in [0.25, 0.3) is 0 Å². The summed E-state index contributed by atoms with van der Waals surface area (Å²) in [6, 6.07) is 0. The van der Waals surface area contributed by atoms with Crippen molar-refractivity contribution in [1.82, 2.24) is 9.62 Å². The smallest absolute Gasteiger partial charge is 0.223 e. The van der Waals surface area contributed by atoms with Crippen molar-refractivity contribution in [2.24, 2.45) is 5.92 Å². The Kier molecular flexibility index (Phi) is 4.62. The van der Waals surface area contributed by atoms with Crippen LogP contribution in [0.5, 0.6) is 0 Å². The van der Waals surface area contributed by atoms with Crippen molar-refractivity contribution in [3.8, 4) is 0 Å². The number of carbonyl (C=O) groups is 1. The van der Waals surface area contributed by atoms with Gasteiger partial charge in [0.2, 0.25) is 15.9 Å². The molecule has 2 aliphatic rings. The summed E-state index contributed by atoms with van der Waals surface area (Å²) in [6.45, 7) is 3.07. The number of amides is 1. The SMILES string of the molecule is CCNS(=O)(=O)[C@@H]1CCN(C(=O)C[C@H]2C=CCC2)C1. The normalized spacial score (nSPS) is 27.1.